The molecule has 0 heterocycles. The van der Waals surface area contributed by atoms with Gasteiger partial charge in [0, 0.05) is 0 Å². The summed E-state index contributed by atoms with van der Waals surface area (Å²) in [5, 5.41) is 12.1. The maximum atomic E-state index is 12.1. The van der Waals surface area contributed by atoms with Gasteiger partial charge in [0.1, 0.15) is 0 Å². The molecule has 0 aliphatic heterocycles. The Labute approximate surface area is 146 Å². The van der Waals surface area contributed by atoms with Crippen LogP contribution in [-0.4, -0.2) is 24.8 Å². The third kappa shape index (κ3) is 17.8. The van der Waals surface area contributed by atoms with Crippen LogP contribution in [0.15, 0.2) is 12.2 Å². The maximum Gasteiger partial charge on any atom is 0.0968 e. The van der Waals surface area contributed by atoms with Gasteiger partial charge in [-0.2, -0.15) is 0 Å². The Morgan fingerprint density at radius 3 is 1.48 bits per heavy atom. The molecule has 0 aliphatic carbocycles. The molecule has 1 unspecified atom stereocenters. The lowest BCUT2D eigenvalue weighted by Gasteiger charge is -2.37. The van der Waals surface area contributed by atoms with Gasteiger partial charge in [0.15, 0.2) is 0 Å². The number of likely N-dealkylation sites (N-methyl/N-ethyl adjacent to an activating group) is 1. The first kappa shape index (κ1) is 22.7. The van der Waals surface area contributed by atoms with Gasteiger partial charge in [-0.3, -0.25) is 0 Å². The van der Waals surface area contributed by atoms with Crippen LogP contribution in [0.2, 0.25) is 0 Å². The Bertz CT molecular complexity index is 261. The second kappa shape index (κ2) is 16.5. The van der Waals surface area contributed by atoms with Crippen molar-refractivity contribution in [2.24, 2.45) is 0 Å². The third-order valence-corrected chi connectivity index (χ3v) is 4.71. The highest BCUT2D eigenvalue weighted by atomic mass is 16.5. The van der Waals surface area contributed by atoms with E-state index in [2.05, 4.69) is 6.92 Å². The van der Waals surface area contributed by atoms with Crippen molar-refractivity contribution in [3.63, 3.8) is 0 Å². The van der Waals surface area contributed by atoms with E-state index in [4.69, 9.17) is 0 Å². The first-order valence-electron chi connectivity index (χ1n) is 10.3. The second-order valence-corrected chi connectivity index (χ2v) is 7.37. The smallest absolute Gasteiger partial charge is 0.0968 e. The van der Waals surface area contributed by atoms with Crippen LogP contribution >= 0.6 is 0 Å². The van der Waals surface area contributed by atoms with E-state index in [-0.39, 0.29) is 4.65 Å². The number of hydrogen-bond donors (Lipinski definition) is 0. The van der Waals surface area contributed by atoms with Gasteiger partial charge >= 0.3 is 0 Å². The van der Waals surface area contributed by atoms with Gasteiger partial charge in [0.2, 0.25) is 0 Å². The first-order valence-corrected chi connectivity index (χ1v) is 10.3. The highest BCUT2D eigenvalue weighted by molar-refractivity contribution is 4.76. The summed E-state index contributed by atoms with van der Waals surface area (Å²) in [6, 6.07) is 0. The van der Waals surface area contributed by atoms with E-state index < -0.39 is 0 Å². The Morgan fingerprint density at radius 2 is 1.09 bits per heavy atom. The fourth-order valence-corrected chi connectivity index (χ4v) is 3.06. The lowest BCUT2D eigenvalue weighted by molar-refractivity contribution is -0.854. The predicted molar refractivity (Wildman–Crippen MR) is 104 cm³/mol. The van der Waals surface area contributed by atoms with Crippen LogP contribution in [0, 0.1) is 5.21 Å². The van der Waals surface area contributed by atoms with Gasteiger partial charge in [-0.05, 0) is 25.8 Å². The molecule has 0 aromatic heterocycles. The highest BCUT2D eigenvalue weighted by Gasteiger charge is 2.06. The van der Waals surface area contributed by atoms with Crippen LogP contribution < -0.4 is 0 Å². The molecular weight excluding hydrogens is 282 g/mol. The van der Waals surface area contributed by atoms with Gasteiger partial charge in [-0.1, -0.05) is 90.0 Å². The van der Waals surface area contributed by atoms with Gasteiger partial charge < -0.3 is 9.85 Å². The zero-order chi connectivity index (χ0) is 17.2. The Balaban J connectivity index is 3.19. The van der Waals surface area contributed by atoms with Crippen LogP contribution in [0.4, 0.5) is 0 Å². The molecule has 1 atom stereocenters. The number of nitrogens with zero attached hydrogens (tertiary/aromatic N) is 1. The Morgan fingerprint density at radius 1 is 0.696 bits per heavy atom. The van der Waals surface area contributed by atoms with E-state index in [9.17, 15) is 5.21 Å². The monoisotopic (exact) mass is 325 g/mol. The average molecular weight is 326 g/mol. The Kier molecular flexibility index (Phi) is 16.3. The summed E-state index contributed by atoms with van der Waals surface area (Å²) >= 11 is 0. The minimum absolute atomic E-state index is 0.109. The quantitative estimate of drug-likeness (QED) is 0.122. The van der Waals surface area contributed by atoms with Crippen molar-refractivity contribution in [3.8, 4) is 0 Å². The van der Waals surface area contributed by atoms with Crippen molar-refractivity contribution >= 4 is 0 Å². The lowest BCUT2D eigenvalue weighted by atomic mass is 10.0. The van der Waals surface area contributed by atoms with Gasteiger partial charge in [0.05, 0.1) is 20.1 Å². The van der Waals surface area contributed by atoms with Crippen molar-refractivity contribution in [2.75, 3.05) is 20.1 Å². The van der Waals surface area contributed by atoms with Gasteiger partial charge in [-0.15, -0.1) is 0 Å². The molecule has 0 fully saturated rings. The molecule has 0 spiro atoms. The van der Waals surface area contributed by atoms with Gasteiger partial charge in [-0.25, -0.2) is 0 Å². The average Bonchev–Trinajstić information content (AvgIpc) is 2.53. The molecule has 0 saturated heterocycles. The molecule has 0 N–H and O–H groups in total. The molecule has 0 aromatic rings. The summed E-state index contributed by atoms with van der Waals surface area (Å²) in [7, 11) is 1.79. The summed E-state index contributed by atoms with van der Waals surface area (Å²) < 4.78 is -0.109. The SMILES string of the molecule is CC=CC[N+](C)([O-])CCCCCCCCCCCCCCCC. The van der Waals surface area contributed by atoms with E-state index >= 15 is 0 Å². The summed E-state index contributed by atoms with van der Waals surface area (Å²) in [5.41, 5.74) is 0. The standard InChI is InChI=1S/C21H43NO/c1-4-6-8-9-10-11-12-13-14-15-16-17-18-19-21-22(3,23)20-7-5-2/h5,7H,4,6,8-21H2,1-3H3. The molecule has 0 amide bonds. The molecule has 0 radical (unpaired) electrons. The summed E-state index contributed by atoms with van der Waals surface area (Å²) in [6.45, 7) is 5.64. The van der Waals surface area contributed by atoms with E-state index in [0.29, 0.717) is 6.54 Å². The molecule has 2 heteroatoms. The molecule has 0 aliphatic rings. The fraction of sp³-hybridized carbons (Fsp3) is 0.905. The van der Waals surface area contributed by atoms with E-state index in [1.807, 2.05) is 19.1 Å². The minimum Gasteiger partial charge on any atom is -0.633 e. The maximum absolute atomic E-state index is 12.1. The molecule has 23 heavy (non-hydrogen) atoms. The Hall–Kier alpha value is -0.340. The van der Waals surface area contributed by atoms with Crippen molar-refractivity contribution < 1.29 is 4.65 Å². The number of unbranched alkanes of at least 4 members (excludes halogenated alkanes) is 13. The molecule has 0 bridgehead atoms. The van der Waals surface area contributed by atoms with Crippen LogP contribution in [0.5, 0.6) is 0 Å². The largest absolute Gasteiger partial charge is 0.633 e. The molecule has 2 nitrogen and oxygen atoms in total. The van der Waals surface area contributed by atoms with Crippen molar-refractivity contribution in [1.82, 2.24) is 0 Å². The zero-order valence-corrected chi connectivity index (χ0v) is 16.3. The minimum atomic E-state index is -0.109. The zero-order valence-electron chi connectivity index (χ0n) is 16.3. The molecule has 138 valence electrons. The van der Waals surface area contributed by atoms with Crippen molar-refractivity contribution in [1.29, 1.82) is 0 Å². The number of hydroxylamine groups is 3. The van der Waals surface area contributed by atoms with Crippen LogP contribution in [0.3, 0.4) is 0 Å². The predicted octanol–water partition coefficient (Wildman–Crippen LogP) is 6.99. The molecule has 0 aromatic carbocycles. The number of hydrogen-bond acceptors (Lipinski definition) is 1. The van der Waals surface area contributed by atoms with E-state index in [1.54, 1.807) is 7.05 Å². The summed E-state index contributed by atoms with van der Waals surface area (Å²) in [5.74, 6) is 0. The highest BCUT2D eigenvalue weighted by Crippen LogP contribution is 2.13. The molecule has 0 rings (SSSR count). The normalized spacial score (nSPS) is 14.4. The summed E-state index contributed by atoms with van der Waals surface area (Å²) in [4.78, 5) is 0. The molecular formula is C21H43NO. The number of allylic oxidation sites excluding steroid dienone is 1. The lowest BCUT2D eigenvalue weighted by Crippen LogP contribution is -2.38. The van der Waals surface area contributed by atoms with Crippen molar-refractivity contribution in [2.45, 2.75) is 104 Å². The van der Waals surface area contributed by atoms with Crippen LogP contribution in [0.25, 0.3) is 0 Å². The fourth-order valence-electron chi connectivity index (χ4n) is 3.06. The van der Waals surface area contributed by atoms with Crippen molar-refractivity contribution in [3.05, 3.63) is 17.4 Å². The molecule has 0 saturated carbocycles. The second-order valence-electron chi connectivity index (χ2n) is 7.37. The number of quaternary nitrogens is 1. The number of rotatable bonds is 17. The van der Waals surface area contributed by atoms with E-state index in [0.717, 1.165) is 13.0 Å². The topological polar surface area (TPSA) is 23.1 Å². The third-order valence-electron chi connectivity index (χ3n) is 4.71. The van der Waals surface area contributed by atoms with Gasteiger partial charge in [0.25, 0.3) is 0 Å². The van der Waals surface area contributed by atoms with E-state index in [1.165, 1.54) is 83.5 Å². The van der Waals surface area contributed by atoms with Crippen LogP contribution in [0.1, 0.15) is 104 Å². The van der Waals surface area contributed by atoms with Crippen LogP contribution in [-0.2, 0) is 0 Å². The summed E-state index contributed by atoms with van der Waals surface area (Å²) in [6.07, 6.45) is 23.1. The first-order chi connectivity index (χ1) is 11.1.